The average molecular weight is 268 g/mol. The third-order valence-electron chi connectivity index (χ3n) is 5.86. The summed E-state index contributed by atoms with van der Waals surface area (Å²) in [5.74, 6) is 2.68. The van der Waals surface area contributed by atoms with Gasteiger partial charge in [0.15, 0.2) is 0 Å². The second kappa shape index (κ2) is 4.33. The van der Waals surface area contributed by atoms with Crippen LogP contribution in [0.5, 0.6) is 0 Å². The molecule has 4 saturated carbocycles. The van der Waals surface area contributed by atoms with Crippen molar-refractivity contribution in [3.05, 3.63) is 0 Å². The monoisotopic (exact) mass is 268 g/mol. The Balaban J connectivity index is 1.82. The van der Waals surface area contributed by atoms with Crippen molar-refractivity contribution in [3.63, 3.8) is 0 Å². The SMILES string of the molecule is CCCCS(=O)C1[C@H]2C[C@@H]3C[C@](C)(C2)C[C@@]1(C)C3. The van der Waals surface area contributed by atoms with E-state index in [1.807, 2.05) is 0 Å². The minimum atomic E-state index is -0.567. The lowest BCUT2D eigenvalue weighted by molar-refractivity contribution is -0.0867. The van der Waals surface area contributed by atoms with Crippen molar-refractivity contribution < 1.29 is 4.21 Å². The van der Waals surface area contributed by atoms with Gasteiger partial charge >= 0.3 is 0 Å². The van der Waals surface area contributed by atoms with E-state index in [9.17, 15) is 4.21 Å². The number of unbranched alkanes of at least 4 members (excludes halogenated alkanes) is 1. The van der Waals surface area contributed by atoms with E-state index in [1.54, 1.807) is 0 Å². The molecule has 2 unspecified atom stereocenters. The molecule has 0 aromatic rings. The summed E-state index contributed by atoms with van der Waals surface area (Å²) in [7, 11) is -0.567. The molecule has 0 amide bonds. The molecule has 18 heavy (non-hydrogen) atoms. The van der Waals surface area contributed by atoms with Gasteiger partial charge in [0.05, 0.1) is 0 Å². The predicted octanol–water partition coefficient (Wildman–Crippen LogP) is 4.14. The fourth-order valence-electron chi connectivity index (χ4n) is 5.98. The molecule has 0 aromatic heterocycles. The summed E-state index contributed by atoms with van der Waals surface area (Å²) < 4.78 is 12.7. The third-order valence-corrected chi connectivity index (χ3v) is 8.07. The van der Waals surface area contributed by atoms with Crippen LogP contribution in [0.15, 0.2) is 0 Å². The van der Waals surface area contributed by atoms with E-state index in [0.29, 0.717) is 16.1 Å². The summed E-state index contributed by atoms with van der Waals surface area (Å²) >= 11 is 0. The van der Waals surface area contributed by atoms with E-state index >= 15 is 0 Å². The summed E-state index contributed by atoms with van der Waals surface area (Å²) in [5, 5.41) is 0.522. The maximum atomic E-state index is 12.7. The van der Waals surface area contributed by atoms with Gasteiger partial charge in [-0.25, -0.2) is 0 Å². The summed E-state index contributed by atoms with van der Waals surface area (Å²) in [5.41, 5.74) is 0.990. The first kappa shape index (κ1) is 13.1. The molecular formula is C16H28OS. The van der Waals surface area contributed by atoms with E-state index in [1.165, 1.54) is 38.5 Å². The molecular weight excluding hydrogens is 240 g/mol. The zero-order valence-electron chi connectivity index (χ0n) is 12.2. The molecule has 0 saturated heterocycles. The van der Waals surface area contributed by atoms with E-state index in [-0.39, 0.29) is 0 Å². The highest BCUT2D eigenvalue weighted by atomic mass is 32.2. The Morgan fingerprint density at radius 2 is 2.00 bits per heavy atom. The van der Waals surface area contributed by atoms with E-state index < -0.39 is 10.8 Å². The third kappa shape index (κ3) is 1.99. The van der Waals surface area contributed by atoms with Crippen LogP contribution < -0.4 is 0 Å². The topological polar surface area (TPSA) is 17.1 Å². The van der Waals surface area contributed by atoms with Gasteiger partial charge in [-0.2, -0.15) is 0 Å². The number of rotatable bonds is 4. The highest BCUT2D eigenvalue weighted by molar-refractivity contribution is 7.85. The Labute approximate surface area is 115 Å². The van der Waals surface area contributed by atoms with Crippen LogP contribution in [0.1, 0.15) is 65.7 Å². The Kier molecular flexibility index (Phi) is 3.16. The highest BCUT2D eigenvalue weighted by Crippen LogP contribution is 2.66. The van der Waals surface area contributed by atoms with Crippen LogP contribution in [0.3, 0.4) is 0 Å². The van der Waals surface area contributed by atoms with Gasteiger partial charge in [0.2, 0.25) is 0 Å². The molecule has 0 heterocycles. The van der Waals surface area contributed by atoms with E-state index in [2.05, 4.69) is 20.8 Å². The zero-order valence-corrected chi connectivity index (χ0v) is 13.0. The van der Waals surface area contributed by atoms with Gasteiger partial charge in [0.25, 0.3) is 0 Å². The summed E-state index contributed by atoms with van der Waals surface area (Å²) in [4.78, 5) is 0. The molecule has 4 aliphatic carbocycles. The molecule has 0 spiro atoms. The van der Waals surface area contributed by atoms with Crippen LogP contribution in [0.25, 0.3) is 0 Å². The van der Waals surface area contributed by atoms with Gasteiger partial charge in [-0.3, -0.25) is 4.21 Å². The second-order valence-corrected chi connectivity index (χ2v) is 9.65. The first-order valence-electron chi connectivity index (χ1n) is 7.83. The lowest BCUT2D eigenvalue weighted by Crippen LogP contribution is -2.59. The normalized spacial score (nSPS) is 51.6. The molecule has 104 valence electrons. The van der Waals surface area contributed by atoms with Crippen LogP contribution in [-0.4, -0.2) is 15.2 Å². The number of hydrogen-bond acceptors (Lipinski definition) is 1. The fraction of sp³-hybridized carbons (Fsp3) is 1.00. The molecule has 4 rings (SSSR count). The first-order valence-corrected chi connectivity index (χ1v) is 9.21. The molecule has 1 nitrogen and oxygen atoms in total. The predicted molar refractivity (Wildman–Crippen MR) is 78.0 cm³/mol. The molecule has 4 fully saturated rings. The van der Waals surface area contributed by atoms with Gasteiger partial charge in [-0.15, -0.1) is 0 Å². The largest absolute Gasteiger partial charge is 0.259 e. The van der Waals surface area contributed by atoms with Gasteiger partial charge in [-0.1, -0.05) is 27.2 Å². The molecule has 0 aromatic carbocycles. The smallest absolute Gasteiger partial charge is 0.0430 e. The van der Waals surface area contributed by atoms with Crippen molar-refractivity contribution in [2.75, 3.05) is 5.75 Å². The molecule has 4 aliphatic rings. The Morgan fingerprint density at radius 1 is 1.22 bits per heavy atom. The molecule has 2 heteroatoms. The summed E-state index contributed by atoms with van der Waals surface area (Å²) in [6, 6.07) is 0. The van der Waals surface area contributed by atoms with E-state index in [0.717, 1.165) is 24.0 Å². The molecule has 0 N–H and O–H groups in total. The van der Waals surface area contributed by atoms with E-state index in [4.69, 9.17) is 0 Å². The van der Waals surface area contributed by atoms with Crippen molar-refractivity contribution in [3.8, 4) is 0 Å². The molecule has 0 aliphatic heterocycles. The van der Waals surface area contributed by atoms with Gasteiger partial charge < -0.3 is 0 Å². The minimum Gasteiger partial charge on any atom is -0.259 e. The second-order valence-electron chi connectivity index (χ2n) is 7.97. The summed E-state index contributed by atoms with van der Waals surface area (Å²) in [6.07, 6.45) is 9.23. The lowest BCUT2D eigenvalue weighted by Gasteiger charge is -2.63. The standard InChI is InChI=1S/C16H28OS/c1-4-5-6-18(17)14-13-7-12-8-15(2,10-13)11-16(14,3)9-12/h12-14H,4-11H2,1-3H3/t12-,13+,14?,15-,16-,18?/m1/s1. The summed E-state index contributed by atoms with van der Waals surface area (Å²) in [6.45, 7) is 7.16. The van der Waals surface area contributed by atoms with Crippen LogP contribution >= 0.6 is 0 Å². The van der Waals surface area contributed by atoms with Crippen LogP contribution in [0, 0.1) is 22.7 Å². The van der Waals surface area contributed by atoms with Crippen LogP contribution in [0.4, 0.5) is 0 Å². The highest BCUT2D eigenvalue weighted by Gasteiger charge is 2.60. The van der Waals surface area contributed by atoms with Crippen molar-refractivity contribution in [1.29, 1.82) is 0 Å². The molecule has 6 atom stereocenters. The van der Waals surface area contributed by atoms with Crippen molar-refractivity contribution in [2.45, 2.75) is 71.0 Å². The molecule has 0 radical (unpaired) electrons. The van der Waals surface area contributed by atoms with Crippen molar-refractivity contribution >= 4 is 10.8 Å². The zero-order chi connectivity index (χ0) is 13.0. The Bertz CT molecular complexity index is 366. The maximum Gasteiger partial charge on any atom is 0.0430 e. The maximum absolute atomic E-state index is 12.7. The van der Waals surface area contributed by atoms with Crippen LogP contribution in [0.2, 0.25) is 0 Å². The van der Waals surface area contributed by atoms with Crippen molar-refractivity contribution in [2.24, 2.45) is 22.7 Å². The van der Waals surface area contributed by atoms with Gasteiger partial charge in [-0.05, 0) is 61.2 Å². The quantitative estimate of drug-likeness (QED) is 0.749. The lowest BCUT2D eigenvalue weighted by atomic mass is 9.45. The number of hydrogen-bond donors (Lipinski definition) is 0. The average Bonchev–Trinajstić information content (AvgIpc) is 2.21. The van der Waals surface area contributed by atoms with Gasteiger partial charge in [0.1, 0.15) is 0 Å². The fourth-order valence-corrected chi connectivity index (χ4v) is 8.25. The minimum absolute atomic E-state index is 0.400. The van der Waals surface area contributed by atoms with Crippen LogP contribution in [-0.2, 0) is 10.8 Å². The Morgan fingerprint density at radius 3 is 2.61 bits per heavy atom. The molecule has 4 bridgehead atoms. The first-order chi connectivity index (χ1) is 8.46. The van der Waals surface area contributed by atoms with Crippen molar-refractivity contribution in [1.82, 2.24) is 0 Å². The Hall–Kier alpha value is 0.150. The van der Waals surface area contributed by atoms with Gasteiger partial charge in [0, 0.05) is 21.8 Å².